The van der Waals surface area contributed by atoms with Gasteiger partial charge in [0.05, 0.1) is 0 Å². The fourth-order valence-corrected chi connectivity index (χ4v) is 2.03. The molecule has 0 aliphatic heterocycles. The summed E-state index contributed by atoms with van der Waals surface area (Å²) in [5, 5.41) is 14.0. The Bertz CT molecular complexity index is 240. The molecule has 0 aromatic heterocycles. The lowest BCUT2D eigenvalue weighted by atomic mass is 10.2. The van der Waals surface area contributed by atoms with Crippen molar-refractivity contribution in [2.24, 2.45) is 0 Å². The van der Waals surface area contributed by atoms with Gasteiger partial charge in [-0.1, -0.05) is 0 Å². The van der Waals surface area contributed by atoms with E-state index in [0.29, 0.717) is 18.7 Å². The number of aliphatic carboxylic acids is 1. The third-order valence-electron chi connectivity index (χ3n) is 2.02. The zero-order valence-corrected chi connectivity index (χ0v) is 11.8. The highest BCUT2D eigenvalue weighted by molar-refractivity contribution is 7.98. The monoisotopic (exact) mass is 280 g/mol. The number of carbonyl (C=O) groups excluding carboxylic acids is 1. The third-order valence-corrected chi connectivity index (χ3v) is 3.37. The Morgan fingerprint density at radius 1 is 1.24 bits per heavy atom. The van der Waals surface area contributed by atoms with Crippen LogP contribution >= 0.6 is 23.5 Å². The summed E-state index contributed by atoms with van der Waals surface area (Å²) in [4.78, 5) is 22.2. The van der Waals surface area contributed by atoms with Gasteiger partial charge in [-0.2, -0.15) is 23.5 Å². The molecule has 0 heterocycles. The summed E-state index contributed by atoms with van der Waals surface area (Å²) in [5.41, 5.74) is 0. The van der Waals surface area contributed by atoms with Crippen LogP contribution in [-0.4, -0.2) is 53.7 Å². The quantitative estimate of drug-likeness (QED) is 0.554. The van der Waals surface area contributed by atoms with Crippen LogP contribution in [0, 0.1) is 0 Å². The van der Waals surface area contributed by atoms with Gasteiger partial charge in [-0.3, -0.25) is 0 Å². The number of amides is 2. The summed E-state index contributed by atoms with van der Waals surface area (Å²) in [6.07, 6.45) is 5.23. The Hall–Kier alpha value is -0.560. The Balaban J connectivity index is 3.83. The van der Waals surface area contributed by atoms with Crippen LogP contribution < -0.4 is 10.6 Å². The molecular weight excluding hydrogens is 260 g/mol. The predicted octanol–water partition coefficient (Wildman–Crippen LogP) is 1.24. The lowest BCUT2D eigenvalue weighted by Crippen LogP contribution is -2.46. The second-order valence-electron chi connectivity index (χ2n) is 3.42. The zero-order chi connectivity index (χ0) is 13.1. The fraction of sp³-hybridized carbons (Fsp3) is 0.800. The van der Waals surface area contributed by atoms with Gasteiger partial charge in [-0.05, 0) is 36.9 Å². The molecule has 7 heteroatoms. The second kappa shape index (κ2) is 10.6. The molecule has 0 aliphatic carbocycles. The van der Waals surface area contributed by atoms with Crippen molar-refractivity contribution >= 4 is 35.5 Å². The zero-order valence-electron chi connectivity index (χ0n) is 10.2. The van der Waals surface area contributed by atoms with Crippen molar-refractivity contribution in [2.75, 3.05) is 30.6 Å². The van der Waals surface area contributed by atoms with Crippen LogP contribution in [-0.2, 0) is 4.79 Å². The van der Waals surface area contributed by atoms with Crippen LogP contribution in [0.2, 0.25) is 0 Å². The molecule has 0 rings (SSSR count). The maximum Gasteiger partial charge on any atom is 0.326 e. The Kier molecular flexibility index (Phi) is 10.2. The van der Waals surface area contributed by atoms with Gasteiger partial charge in [0.2, 0.25) is 0 Å². The topological polar surface area (TPSA) is 78.4 Å². The van der Waals surface area contributed by atoms with Gasteiger partial charge in [0.1, 0.15) is 6.04 Å². The van der Waals surface area contributed by atoms with E-state index in [1.54, 1.807) is 23.5 Å². The van der Waals surface area contributed by atoms with Gasteiger partial charge >= 0.3 is 12.0 Å². The third kappa shape index (κ3) is 9.17. The highest BCUT2D eigenvalue weighted by Gasteiger charge is 2.18. The fourth-order valence-electron chi connectivity index (χ4n) is 1.12. The molecule has 0 aromatic rings. The SMILES string of the molecule is CSCCCNC(=O)N[C@@H](CCSC)C(=O)O. The summed E-state index contributed by atoms with van der Waals surface area (Å²) in [6, 6.07) is -1.21. The molecule has 0 unspecified atom stereocenters. The van der Waals surface area contributed by atoms with Gasteiger partial charge in [0.25, 0.3) is 0 Å². The van der Waals surface area contributed by atoms with E-state index >= 15 is 0 Å². The number of carbonyl (C=O) groups is 2. The van der Waals surface area contributed by atoms with E-state index in [4.69, 9.17) is 5.11 Å². The van der Waals surface area contributed by atoms with E-state index in [9.17, 15) is 9.59 Å². The summed E-state index contributed by atoms with van der Waals surface area (Å²) < 4.78 is 0. The number of hydrogen-bond acceptors (Lipinski definition) is 4. The van der Waals surface area contributed by atoms with E-state index < -0.39 is 18.0 Å². The Morgan fingerprint density at radius 2 is 1.88 bits per heavy atom. The molecule has 0 radical (unpaired) electrons. The first kappa shape index (κ1) is 16.4. The largest absolute Gasteiger partial charge is 0.480 e. The van der Waals surface area contributed by atoms with Gasteiger partial charge < -0.3 is 15.7 Å². The maximum atomic E-state index is 11.4. The number of urea groups is 1. The molecule has 3 N–H and O–H groups in total. The van der Waals surface area contributed by atoms with E-state index in [-0.39, 0.29) is 0 Å². The normalized spacial score (nSPS) is 11.9. The standard InChI is InChI=1S/C10H20N2O3S2/c1-16-6-3-5-11-10(15)12-8(9(13)14)4-7-17-2/h8H,3-7H2,1-2H3,(H,13,14)(H2,11,12,15)/t8-/m0/s1. The van der Waals surface area contributed by atoms with Gasteiger partial charge in [-0.25, -0.2) is 9.59 Å². The van der Waals surface area contributed by atoms with E-state index in [2.05, 4.69) is 10.6 Å². The smallest absolute Gasteiger partial charge is 0.326 e. The van der Waals surface area contributed by atoms with Crippen molar-refractivity contribution in [3.63, 3.8) is 0 Å². The Morgan fingerprint density at radius 3 is 2.41 bits per heavy atom. The number of carboxylic acid groups (broad SMARTS) is 1. The highest BCUT2D eigenvalue weighted by Crippen LogP contribution is 2.01. The number of nitrogens with one attached hydrogen (secondary N) is 2. The molecule has 2 amide bonds. The summed E-state index contributed by atoms with van der Waals surface area (Å²) >= 11 is 3.28. The molecule has 1 atom stereocenters. The number of rotatable bonds is 9. The van der Waals surface area contributed by atoms with Crippen LogP contribution in [0.5, 0.6) is 0 Å². The van der Waals surface area contributed by atoms with Crippen molar-refractivity contribution in [3.8, 4) is 0 Å². The van der Waals surface area contributed by atoms with Gasteiger partial charge in [0.15, 0.2) is 0 Å². The first-order chi connectivity index (χ1) is 8.11. The second-order valence-corrected chi connectivity index (χ2v) is 5.39. The van der Waals surface area contributed by atoms with Crippen LogP contribution in [0.3, 0.4) is 0 Å². The number of carboxylic acids is 1. The van der Waals surface area contributed by atoms with Crippen LogP contribution in [0.15, 0.2) is 0 Å². The number of thioether (sulfide) groups is 2. The van der Waals surface area contributed by atoms with Gasteiger partial charge in [0, 0.05) is 6.54 Å². The molecular formula is C10H20N2O3S2. The summed E-state index contributed by atoms with van der Waals surface area (Å²) in [5.74, 6) is 0.706. The van der Waals surface area contributed by atoms with E-state index in [1.807, 2.05) is 12.5 Å². The minimum absolute atomic E-state index is 0.403. The van der Waals surface area contributed by atoms with Crippen molar-refractivity contribution in [1.82, 2.24) is 10.6 Å². The molecule has 0 saturated carbocycles. The van der Waals surface area contributed by atoms with E-state index in [1.165, 1.54) is 0 Å². The molecule has 0 aromatic carbocycles. The lowest BCUT2D eigenvalue weighted by molar-refractivity contribution is -0.139. The maximum absolute atomic E-state index is 11.4. The van der Waals surface area contributed by atoms with Crippen LogP contribution in [0.4, 0.5) is 4.79 Å². The lowest BCUT2D eigenvalue weighted by Gasteiger charge is -2.14. The molecule has 0 spiro atoms. The molecule has 5 nitrogen and oxygen atoms in total. The first-order valence-electron chi connectivity index (χ1n) is 5.36. The molecule has 0 saturated heterocycles. The molecule has 0 aliphatic rings. The average Bonchev–Trinajstić information content (AvgIpc) is 2.29. The van der Waals surface area contributed by atoms with Crippen molar-refractivity contribution in [1.29, 1.82) is 0 Å². The molecule has 0 bridgehead atoms. The predicted molar refractivity (Wildman–Crippen MR) is 74.0 cm³/mol. The van der Waals surface area contributed by atoms with Crippen LogP contribution in [0.1, 0.15) is 12.8 Å². The average molecular weight is 280 g/mol. The van der Waals surface area contributed by atoms with Crippen LogP contribution in [0.25, 0.3) is 0 Å². The van der Waals surface area contributed by atoms with Gasteiger partial charge in [-0.15, -0.1) is 0 Å². The van der Waals surface area contributed by atoms with E-state index in [0.717, 1.165) is 12.2 Å². The molecule has 0 fully saturated rings. The molecule has 100 valence electrons. The van der Waals surface area contributed by atoms with Crippen molar-refractivity contribution in [2.45, 2.75) is 18.9 Å². The summed E-state index contributed by atoms with van der Waals surface area (Å²) in [6.45, 7) is 0.571. The molecule has 17 heavy (non-hydrogen) atoms. The van der Waals surface area contributed by atoms with Crippen molar-refractivity contribution in [3.05, 3.63) is 0 Å². The number of hydrogen-bond donors (Lipinski definition) is 3. The summed E-state index contributed by atoms with van der Waals surface area (Å²) in [7, 11) is 0. The Labute approximate surface area is 110 Å². The minimum Gasteiger partial charge on any atom is -0.480 e. The minimum atomic E-state index is -0.988. The first-order valence-corrected chi connectivity index (χ1v) is 8.15. The van der Waals surface area contributed by atoms with Crippen molar-refractivity contribution < 1.29 is 14.7 Å². The highest BCUT2D eigenvalue weighted by atomic mass is 32.2.